The number of rotatable bonds is 7. The van der Waals surface area contributed by atoms with Gasteiger partial charge in [-0.15, -0.1) is 0 Å². The minimum absolute atomic E-state index is 0.719. The maximum atomic E-state index is 6.19. The van der Waals surface area contributed by atoms with Crippen LogP contribution >= 0.6 is 11.6 Å². The van der Waals surface area contributed by atoms with E-state index >= 15 is 0 Å². The molecule has 2 nitrogen and oxygen atoms in total. The Labute approximate surface area is 108 Å². The molecule has 0 unspecified atom stereocenters. The first-order chi connectivity index (χ1) is 8.29. The summed E-state index contributed by atoms with van der Waals surface area (Å²) in [4.78, 5) is 0. The summed E-state index contributed by atoms with van der Waals surface area (Å²) in [5, 5.41) is 4.19. The SMILES string of the molecule is CCCCOc1ccc(CNC2CC2)cc1Cl. The molecule has 2 rings (SSSR count). The average molecular weight is 254 g/mol. The van der Waals surface area contributed by atoms with Crippen molar-refractivity contribution in [1.29, 1.82) is 0 Å². The third-order valence-corrected chi connectivity index (χ3v) is 3.22. The first kappa shape index (κ1) is 12.7. The highest BCUT2D eigenvalue weighted by molar-refractivity contribution is 6.32. The molecule has 0 aromatic heterocycles. The fourth-order valence-corrected chi connectivity index (χ4v) is 1.91. The zero-order valence-corrected chi connectivity index (χ0v) is 11.1. The topological polar surface area (TPSA) is 21.3 Å². The maximum Gasteiger partial charge on any atom is 0.137 e. The van der Waals surface area contributed by atoms with E-state index in [1.807, 2.05) is 12.1 Å². The van der Waals surface area contributed by atoms with E-state index in [1.165, 1.54) is 18.4 Å². The van der Waals surface area contributed by atoms with Crippen LogP contribution in [0.2, 0.25) is 5.02 Å². The van der Waals surface area contributed by atoms with Crippen molar-refractivity contribution in [3.63, 3.8) is 0 Å². The smallest absolute Gasteiger partial charge is 0.137 e. The number of nitrogens with one attached hydrogen (secondary N) is 1. The summed E-state index contributed by atoms with van der Waals surface area (Å²) in [6, 6.07) is 6.79. The molecule has 0 radical (unpaired) electrons. The van der Waals surface area contributed by atoms with Gasteiger partial charge in [0.2, 0.25) is 0 Å². The Balaban J connectivity index is 1.85. The monoisotopic (exact) mass is 253 g/mol. The quantitative estimate of drug-likeness (QED) is 0.747. The minimum Gasteiger partial charge on any atom is -0.492 e. The standard InChI is InChI=1S/C14H20ClNO/c1-2-3-8-17-14-7-4-11(9-13(14)15)10-16-12-5-6-12/h4,7,9,12,16H,2-3,5-6,8,10H2,1H3. The number of hydrogen-bond donors (Lipinski definition) is 1. The fourth-order valence-electron chi connectivity index (χ4n) is 1.65. The molecule has 1 saturated carbocycles. The molecule has 0 atom stereocenters. The molecule has 1 aromatic rings. The molecule has 17 heavy (non-hydrogen) atoms. The van der Waals surface area contributed by atoms with Gasteiger partial charge in [0, 0.05) is 12.6 Å². The summed E-state index contributed by atoms with van der Waals surface area (Å²) < 4.78 is 5.62. The van der Waals surface area contributed by atoms with Crippen LogP contribution in [-0.2, 0) is 6.54 Å². The molecule has 0 saturated heterocycles. The van der Waals surface area contributed by atoms with Crippen molar-refractivity contribution in [2.75, 3.05) is 6.61 Å². The molecule has 0 spiro atoms. The highest BCUT2D eigenvalue weighted by Gasteiger charge is 2.19. The van der Waals surface area contributed by atoms with Gasteiger partial charge in [-0.25, -0.2) is 0 Å². The van der Waals surface area contributed by atoms with E-state index in [1.54, 1.807) is 0 Å². The zero-order chi connectivity index (χ0) is 12.1. The lowest BCUT2D eigenvalue weighted by Crippen LogP contribution is -2.15. The van der Waals surface area contributed by atoms with Crippen LogP contribution in [0.5, 0.6) is 5.75 Å². The number of hydrogen-bond acceptors (Lipinski definition) is 2. The highest BCUT2D eigenvalue weighted by Crippen LogP contribution is 2.26. The summed E-state index contributed by atoms with van der Waals surface area (Å²) in [5.41, 5.74) is 1.23. The summed E-state index contributed by atoms with van der Waals surface area (Å²) >= 11 is 6.19. The predicted octanol–water partition coefficient (Wildman–Crippen LogP) is 3.77. The molecule has 0 amide bonds. The van der Waals surface area contributed by atoms with E-state index in [0.717, 1.165) is 42.8 Å². The number of ether oxygens (including phenoxy) is 1. The maximum absolute atomic E-state index is 6.19. The van der Waals surface area contributed by atoms with Crippen LogP contribution in [0.15, 0.2) is 18.2 Å². The minimum atomic E-state index is 0.719. The fraction of sp³-hybridized carbons (Fsp3) is 0.571. The molecule has 0 aliphatic heterocycles. The normalized spacial score (nSPS) is 14.9. The predicted molar refractivity (Wildman–Crippen MR) is 71.7 cm³/mol. The Morgan fingerprint density at radius 3 is 2.88 bits per heavy atom. The molecule has 1 aliphatic rings. The summed E-state index contributed by atoms with van der Waals surface area (Å²) in [7, 11) is 0. The first-order valence-electron chi connectivity index (χ1n) is 6.44. The summed E-state index contributed by atoms with van der Waals surface area (Å²) in [6.07, 6.45) is 4.83. The van der Waals surface area contributed by atoms with Crippen molar-refractivity contribution < 1.29 is 4.74 Å². The van der Waals surface area contributed by atoms with Gasteiger partial charge in [0.15, 0.2) is 0 Å². The lowest BCUT2D eigenvalue weighted by atomic mass is 10.2. The zero-order valence-electron chi connectivity index (χ0n) is 10.3. The van der Waals surface area contributed by atoms with E-state index in [2.05, 4.69) is 18.3 Å². The second kappa shape index (κ2) is 6.27. The molecule has 94 valence electrons. The molecular formula is C14H20ClNO. The Bertz CT molecular complexity index is 363. The van der Waals surface area contributed by atoms with Crippen LogP contribution in [0.3, 0.4) is 0 Å². The van der Waals surface area contributed by atoms with E-state index in [9.17, 15) is 0 Å². The molecule has 1 fully saturated rings. The number of unbranched alkanes of at least 4 members (excludes halogenated alkanes) is 1. The number of halogens is 1. The van der Waals surface area contributed by atoms with Crippen LogP contribution in [0.25, 0.3) is 0 Å². The van der Waals surface area contributed by atoms with Gasteiger partial charge in [-0.1, -0.05) is 31.0 Å². The van der Waals surface area contributed by atoms with Gasteiger partial charge in [0.1, 0.15) is 5.75 Å². The molecule has 1 aromatic carbocycles. The second-order valence-electron chi connectivity index (χ2n) is 4.62. The van der Waals surface area contributed by atoms with Crippen molar-refractivity contribution in [2.45, 2.75) is 45.2 Å². The van der Waals surface area contributed by atoms with Crippen LogP contribution in [-0.4, -0.2) is 12.6 Å². The summed E-state index contributed by atoms with van der Waals surface area (Å²) in [6.45, 7) is 3.80. The van der Waals surface area contributed by atoms with Gasteiger partial charge in [-0.05, 0) is 37.0 Å². The van der Waals surface area contributed by atoms with Crippen LogP contribution in [0.4, 0.5) is 0 Å². The van der Waals surface area contributed by atoms with Crippen molar-refractivity contribution in [1.82, 2.24) is 5.32 Å². The molecule has 0 heterocycles. The van der Waals surface area contributed by atoms with Crippen LogP contribution in [0.1, 0.15) is 38.2 Å². The molecule has 1 aliphatic carbocycles. The Hall–Kier alpha value is -0.730. The van der Waals surface area contributed by atoms with Crippen LogP contribution in [0, 0.1) is 0 Å². The van der Waals surface area contributed by atoms with Crippen LogP contribution < -0.4 is 10.1 Å². The lowest BCUT2D eigenvalue weighted by Gasteiger charge is -2.09. The first-order valence-corrected chi connectivity index (χ1v) is 6.82. The lowest BCUT2D eigenvalue weighted by molar-refractivity contribution is 0.309. The largest absolute Gasteiger partial charge is 0.492 e. The Morgan fingerprint density at radius 2 is 2.24 bits per heavy atom. The summed E-state index contributed by atoms with van der Waals surface area (Å²) in [5.74, 6) is 0.801. The van der Waals surface area contributed by atoms with E-state index in [-0.39, 0.29) is 0 Å². The van der Waals surface area contributed by atoms with Gasteiger partial charge in [-0.2, -0.15) is 0 Å². The molecule has 1 N–H and O–H groups in total. The molecular weight excluding hydrogens is 234 g/mol. The highest BCUT2D eigenvalue weighted by atomic mass is 35.5. The molecule has 0 bridgehead atoms. The third-order valence-electron chi connectivity index (χ3n) is 2.92. The number of benzene rings is 1. The second-order valence-corrected chi connectivity index (χ2v) is 5.03. The van der Waals surface area contributed by atoms with Crippen molar-refractivity contribution in [3.8, 4) is 5.75 Å². The van der Waals surface area contributed by atoms with Gasteiger partial charge in [-0.3, -0.25) is 0 Å². The van der Waals surface area contributed by atoms with Crippen molar-refractivity contribution >= 4 is 11.6 Å². The van der Waals surface area contributed by atoms with Gasteiger partial charge >= 0.3 is 0 Å². The van der Waals surface area contributed by atoms with Gasteiger partial charge < -0.3 is 10.1 Å². The van der Waals surface area contributed by atoms with E-state index < -0.39 is 0 Å². The third kappa shape index (κ3) is 4.21. The average Bonchev–Trinajstić information content (AvgIpc) is 3.13. The van der Waals surface area contributed by atoms with E-state index in [0.29, 0.717) is 0 Å². The van der Waals surface area contributed by atoms with E-state index in [4.69, 9.17) is 16.3 Å². The van der Waals surface area contributed by atoms with Crippen molar-refractivity contribution in [3.05, 3.63) is 28.8 Å². The van der Waals surface area contributed by atoms with Gasteiger partial charge in [0.05, 0.1) is 11.6 Å². The van der Waals surface area contributed by atoms with Gasteiger partial charge in [0.25, 0.3) is 0 Å². The Morgan fingerprint density at radius 1 is 1.41 bits per heavy atom. The molecule has 3 heteroatoms. The van der Waals surface area contributed by atoms with Crippen molar-refractivity contribution in [2.24, 2.45) is 0 Å². The Kier molecular flexibility index (Phi) is 4.69.